The zero-order chi connectivity index (χ0) is 21.6. The van der Waals surface area contributed by atoms with Crippen molar-refractivity contribution in [1.29, 1.82) is 0 Å². The Balaban J connectivity index is 3.46. The van der Waals surface area contributed by atoms with Crippen molar-refractivity contribution in [2.75, 3.05) is 6.61 Å². The number of unbranched alkanes of at least 4 members (excludes halogenated alkanes) is 10. The van der Waals surface area contributed by atoms with Gasteiger partial charge in [0.15, 0.2) is 0 Å². The summed E-state index contributed by atoms with van der Waals surface area (Å²) < 4.78 is 5.07. The molecule has 0 aromatic rings. The number of aliphatic carboxylic acids is 1. The van der Waals surface area contributed by atoms with Gasteiger partial charge in [-0.3, -0.25) is 9.59 Å². The van der Waals surface area contributed by atoms with Crippen LogP contribution >= 0.6 is 0 Å². The Morgan fingerprint density at radius 1 is 0.828 bits per heavy atom. The minimum Gasteiger partial charge on any atom is -0.481 e. The molecule has 5 nitrogen and oxygen atoms in total. The second kappa shape index (κ2) is 21.1. The molecule has 0 saturated heterocycles. The highest BCUT2D eigenvalue weighted by molar-refractivity contribution is 5.69. The first-order valence-corrected chi connectivity index (χ1v) is 11.4. The van der Waals surface area contributed by atoms with Crippen LogP contribution in [0.3, 0.4) is 0 Å². The third-order valence-corrected chi connectivity index (χ3v) is 4.71. The van der Waals surface area contributed by atoms with Crippen molar-refractivity contribution in [3.8, 4) is 0 Å². The van der Waals surface area contributed by atoms with E-state index in [9.17, 15) is 14.7 Å². The molecule has 0 radical (unpaired) electrons. The summed E-state index contributed by atoms with van der Waals surface area (Å²) >= 11 is 0. The smallest absolute Gasteiger partial charge is 0.305 e. The maximum absolute atomic E-state index is 11.5. The van der Waals surface area contributed by atoms with Crippen LogP contribution in [0.1, 0.15) is 103 Å². The first-order valence-electron chi connectivity index (χ1n) is 11.4. The van der Waals surface area contributed by atoms with Gasteiger partial charge >= 0.3 is 11.9 Å². The summed E-state index contributed by atoms with van der Waals surface area (Å²) in [5.74, 6) is -0.925. The molecule has 5 heteroatoms. The van der Waals surface area contributed by atoms with Crippen LogP contribution in [0.2, 0.25) is 0 Å². The van der Waals surface area contributed by atoms with Crippen LogP contribution < -0.4 is 0 Å². The molecule has 0 amide bonds. The molecule has 2 N–H and O–H groups in total. The number of hydrogen-bond donors (Lipinski definition) is 2. The van der Waals surface area contributed by atoms with Crippen LogP contribution in [-0.4, -0.2) is 34.9 Å². The van der Waals surface area contributed by atoms with E-state index in [0.29, 0.717) is 12.8 Å². The maximum atomic E-state index is 11.5. The molecule has 0 spiro atoms. The van der Waals surface area contributed by atoms with Crippen molar-refractivity contribution in [3.05, 3.63) is 24.3 Å². The second-order valence-electron chi connectivity index (χ2n) is 7.60. The van der Waals surface area contributed by atoms with Crippen molar-refractivity contribution in [2.45, 2.75) is 109 Å². The van der Waals surface area contributed by atoms with E-state index in [1.807, 2.05) is 6.08 Å². The Bertz CT molecular complexity index is 456. The number of esters is 1. The number of ether oxygens (including phenoxy) is 1. The summed E-state index contributed by atoms with van der Waals surface area (Å²) in [5.41, 5.74) is 0. The van der Waals surface area contributed by atoms with Crippen molar-refractivity contribution in [3.63, 3.8) is 0 Å². The molecule has 0 aliphatic carbocycles. The average molecular weight is 411 g/mol. The fourth-order valence-electron chi connectivity index (χ4n) is 2.95. The van der Waals surface area contributed by atoms with Crippen molar-refractivity contribution < 1.29 is 24.5 Å². The number of hydrogen-bond acceptors (Lipinski definition) is 4. The molecule has 0 aromatic heterocycles. The van der Waals surface area contributed by atoms with Gasteiger partial charge in [0, 0.05) is 12.8 Å². The highest BCUT2D eigenvalue weighted by Crippen LogP contribution is 2.10. The SMILES string of the molecule is CCCCCCC(=O)OCC(O)/C=C/C/C=C/CCCCCCCCCC(=O)O. The van der Waals surface area contributed by atoms with E-state index in [4.69, 9.17) is 9.84 Å². The van der Waals surface area contributed by atoms with Crippen LogP contribution in [0.25, 0.3) is 0 Å². The molecular weight excluding hydrogens is 368 g/mol. The molecule has 0 bridgehead atoms. The lowest BCUT2D eigenvalue weighted by Crippen LogP contribution is -2.16. The van der Waals surface area contributed by atoms with Gasteiger partial charge in [-0.2, -0.15) is 0 Å². The van der Waals surface area contributed by atoms with Gasteiger partial charge in [-0.15, -0.1) is 0 Å². The lowest BCUT2D eigenvalue weighted by atomic mass is 10.1. The van der Waals surface area contributed by atoms with Crippen LogP contribution in [0, 0.1) is 0 Å². The van der Waals surface area contributed by atoms with Gasteiger partial charge in [-0.25, -0.2) is 0 Å². The summed E-state index contributed by atoms with van der Waals surface area (Å²) in [6, 6.07) is 0. The van der Waals surface area contributed by atoms with Gasteiger partial charge < -0.3 is 14.9 Å². The minimum absolute atomic E-state index is 0.0309. The molecule has 0 rings (SSSR count). The Morgan fingerprint density at radius 2 is 1.45 bits per heavy atom. The van der Waals surface area contributed by atoms with Gasteiger partial charge in [0.05, 0.1) is 0 Å². The maximum Gasteiger partial charge on any atom is 0.305 e. The van der Waals surface area contributed by atoms with Crippen LogP contribution in [0.5, 0.6) is 0 Å². The summed E-state index contributed by atoms with van der Waals surface area (Å²) in [4.78, 5) is 21.9. The van der Waals surface area contributed by atoms with Crippen LogP contribution in [0.15, 0.2) is 24.3 Å². The fourth-order valence-corrected chi connectivity index (χ4v) is 2.95. The van der Waals surface area contributed by atoms with E-state index in [1.165, 1.54) is 25.7 Å². The van der Waals surface area contributed by atoms with E-state index in [1.54, 1.807) is 6.08 Å². The first kappa shape index (κ1) is 27.4. The van der Waals surface area contributed by atoms with Crippen molar-refractivity contribution in [2.24, 2.45) is 0 Å². The van der Waals surface area contributed by atoms with E-state index < -0.39 is 12.1 Å². The number of carbonyl (C=O) groups is 2. The zero-order valence-electron chi connectivity index (χ0n) is 18.3. The minimum atomic E-state index is -0.738. The quantitative estimate of drug-likeness (QED) is 0.147. The Labute approximate surface area is 177 Å². The summed E-state index contributed by atoms with van der Waals surface area (Å²) in [5, 5.41) is 18.4. The van der Waals surface area contributed by atoms with E-state index >= 15 is 0 Å². The molecule has 0 aromatic carbocycles. The third-order valence-electron chi connectivity index (χ3n) is 4.71. The number of rotatable bonds is 20. The molecule has 0 aliphatic rings. The second-order valence-corrected chi connectivity index (χ2v) is 7.60. The topological polar surface area (TPSA) is 83.8 Å². The number of carboxylic acid groups (broad SMARTS) is 1. The molecule has 0 heterocycles. The number of carbonyl (C=O) groups excluding carboxylic acids is 1. The Morgan fingerprint density at radius 3 is 2.14 bits per heavy atom. The molecule has 0 fully saturated rings. The monoisotopic (exact) mass is 410 g/mol. The molecule has 168 valence electrons. The van der Waals surface area contributed by atoms with Gasteiger partial charge in [0.2, 0.25) is 0 Å². The van der Waals surface area contributed by atoms with Crippen LogP contribution in [0.4, 0.5) is 0 Å². The predicted octanol–water partition coefficient (Wildman–Crippen LogP) is 5.96. The lowest BCUT2D eigenvalue weighted by Gasteiger charge is -2.07. The summed E-state index contributed by atoms with van der Waals surface area (Å²) in [6.45, 7) is 2.16. The van der Waals surface area contributed by atoms with E-state index in [-0.39, 0.29) is 12.6 Å². The van der Waals surface area contributed by atoms with Gasteiger partial charge in [0.25, 0.3) is 0 Å². The number of aliphatic hydroxyl groups excluding tert-OH is 1. The van der Waals surface area contributed by atoms with Gasteiger partial charge in [0.1, 0.15) is 12.7 Å². The van der Waals surface area contributed by atoms with E-state index in [2.05, 4.69) is 19.1 Å². The molecule has 29 heavy (non-hydrogen) atoms. The first-order chi connectivity index (χ1) is 14.1. The fraction of sp³-hybridized carbons (Fsp3) is 0.750. The van der Waals surface area contributed by atoms with Crippen LogP contribution in [-0.2, 0) is 14.3 Å². The molecule has 1 unspecified atom stereocenters. The molecular formula is C24H42O5. The number of allylic oxidation sites excluding steroid dienone is 3. The Kier molecular flexibility index (Phi) is 19.9. The molecule has 1 atom stereocenters. The standard InChI is InChI=1S/C24H42O5/c1-2-3-4-17-20-24(28)29-21-22(25)18-15-13-11-9-7-5-6-8-10-12-14-16-19-23(26)27/h9,11,15,18,22,25H,2-8,10,12-14,16-17,19-21H2,1H3,(H,26,27)/b11-9+,18-15+. The third kappa shape index (κ3) is 22.5. The highest BCUT2D eigenvalue weighted by Gasteiger charge is 2.05. The normalized spacial score (nSPS) is 12.6. The number of carboxylic acids is 1. The predicted molar refractivity (Wildman–Crippen MR) is 118 cm³/mol. The van der Waals surface area contributed by atoms with Gasteiger partial charge in [-0.05, 0) is 32.1 Å². The molecule has 0 aliphatic heterocycles. The number of aliphatic hydroxyl groups is 1. The lowest BCUT2D eigenvalue weighted by molar-refractivity contribution is -0.146. The molecule has 0 saturated carbocycles. The van der Waals surface area contributed by atoms with Crippen molar-refractivity contribution in [1.82, 2.24) is 0 Å². The largest absolute Gasteiger partial charge is 0.481 e. The zero-order valence-corrected chi connectivity index (χ0v) is 18.3. The summed E-state index contributed by atoms with van der Waals surface area (Å²) in [6.07, 6.45) is 21.6. The average Bonchev–Trinajstić information content (AvgIpc) is 2.69. The van der Waals surface area contributed by atoms with Crippen molar-refractivity contribution >= 4 is 11.9 Å². The Hall–Kier alpha value is -1.62. The summed E-state index contributed by atoms with van der Waals surface area (Å²) in [7, 11) is 0. The highest BCUT2D eigenvalue weighted by atomic mass is 16.5. The van der Waals surface area contributed by atoms with E-state index in [0.717, 1.165) is 57.8 Å². The van der Waals surface area contributed by atoms with Gasteiger partial charge in [-0.1, -0.05) is 82.6 Å².